The van der Waals surface area contributed by atoms with Crippen LogP contribution >= 0.6 is 12.2 Å². The molecule has 5 N–H and O–H groups in total. The molecule has 2 amide bonds. The van der Waals surface area contributed by atoms with E-state index in [9.17, 15) is 22.8 Å². The average Bonchev–Trinajstić information content (AvgIpc) is 2.87. The second-order valence-electron chi connectivity index (χ2n) is 9.51. The van der Waals surface area contributed by atoms with E-state index < -0.39 is 35.8 Å². The van der Waals surface area contributed by atoms with Crippen LogP contribution in [0.4, 0.5) is 18.9 Å². The van der Waals surface area contributed by atoms with Crippen LogP contribution in [-0.2, 0) is 11.0 Å². The lowest BCUT2D eigenvalue weighted by atomic mass is 9.98. The van der Waals surface area contributed by atoms with Crippen LogP contribution < -0.4 is 21.7 Å². The van der Waals surface area contributed by atoms with Gasteiger partial charge in [-0.25, -0.2) is 0 Å². The number of anilines is 1. The smallest absolute Gasteiger partial charge is 0.398 e. The molecular weight excluding hydrogens is 515 g/mol. The Labute approximate surface area is 226 Å². The molecule has 1 aliphatic rings. The summed E-state index contributed by atoms with van der Waals surface area (Å²) in [5.74, 6) is -1.31. The fourth-order valence-corrected chi connectivity index (χ4v) is 4.69. The van der Waals surface area contributed by atoms with Crippen molar-refractivity contribution in [2.45, 2.75) is 51.4 Å². The number of para-hydroxylation sites is 1. The summed E-state index contributed by atoms with van der Waals surface area (Å²) in [5.41, 5.74) is 5.50. The number of thiocarbonyl (C=S) groups is 1. The van der Waals surface area contributed by atoms with Crippen molar-refractivity contribution in [3.8, 4) is 0 Å². The van der Waals surface area contributed by atoms with Crippen molar-refractivity contribution in [3.05, 3.63) is 64.7 Å². The maximum atomic E-state index is 13.1. The number of halogens is 3. The third-order valence-corrected chi connectivity index (χ3v) is 6.92. The van der Waals surface area contributed by atoms with E-state index in [1.54, 1.807) is 0 Å². The summed E-state index contributed by atoms with van der Waals surface area (Å²) in [6, 6.07) is 10.6. The van der Waals surface area contributed by atoms with Crippen molar-refractivity contribution in [1.82, 2.24) is 20.9 Å². The van der Waals surface area contributed by atoms with Gasteiger partial charge >= 0.3 is 6.18 Å². The Balaban J connectivity index is 1.64. The number of likely N-dealkylation sites (tertiary alicyclic amines) is 1. The summed E-state index contributed by atoms with van der Waals surface area (Å²) >= 11 is 5.61. The number of hydrogen-bond acceptors (Lipinski definition) is 5. The minimum Gasteiger partial charge on any atom is -0.398 e. The molecule has 2 aromatic rings. The Bertz CT molecular complexity index is 1140. The van der Waals surface area contributed by atoms with E-state index in [-0.39, 0.29) is 17.6 Å². The number of aryl methyl sites for hydroxylation is 1. The largest absolute Gasteiger partial charge is 0.418 e. The van der Waals surface area contributed by atoms with Gasteiger partial charge in [-0.1, -0.05) is 61.5 Å². The van der Waals surface area contributed by atoms with E-state index >= 15 is 0 Å². The highest BCUT2D eigenvalue weighted by Crippen LogP contribution is 2.34. The van der Waals surface area contributed by atoms with Crippen LogP contribution in [0.2, 0.25) is 0 Å². The minimum absolute atomic E-state index is 0.125. The Morgan fingerprint density at radius 1 is 1.11 bits per heavy atom. The molecule has 1 fully saturated rings. The predicted octanol–water partition coefficient (Wildman–Crippen LogP) is 3.65. The van der Waals surface area contributed by atoms with Gasteiger partial charge in [-0.05, 0) is 38.4 Å². The minimum atomic E-state index is -4.69. The molecule has 7 nitrogen and oxygen atoms in total. The van der Waals surface area contributed by atoms with E-state index in [1.807, 2.05) is 31.2 Å². The number of nitrogens with two attached hydrogens (primary N) is 1. The topological polar surface area (TPSA) is 99.5 Å². The highest BCUT2D eigenvalue weighted by Gasteiger charge is 2.34. The summed E-state index contributed by atoms with van der Waals surface area (Å²) in [4.78, 5) is 28.2. The van der Waals surface area contributed by atoms with Gasteiger partial charge in [0.2, 0.25) is 5.91 Å². The fraction of sp³-hybridized carbons (Fsp3) is 0.444. The van der Waals surface area contributed by atoms with Gasteiger partial charge in [0.25, 0.3) is 5.91 Å². The molecule has 1 aliphatic heterocycles. The summed E-state index contributed by atoms with van der Waals surface area (Å²) in [7, 11) is 0. The molecule has 1 heterocycles. The number of nitrogens with zero attached hydrogens (tertiary/aromatic N) is 1. The van der Waals surface area contributed by atoms with Crippen LogP contribution in [0.1, 0.15) is 53.2 Å². The molecule has 0 aromatic heterocycles. The van der Waals surface area contributed by atoms with Crippen LogP contribution in [0.5, 0.6) is 0 Å². The first kappa shape index (κ1) is 29.4. The number of rotatable bonds is 9. The molecule has 0 bridgehead atoms. The third kappa shape index (κ3) is 7.91. The van der Waals surface area contributed by atoms with Crippen LogP contribution in [0.15, 0.2) is 42.5 Å². The number of unbranched alkanes of at least 4 members (excludes halogenated alkanes) is 1. The van der Waals surface area contributed by atoms with Gasteiger partial charge in [0.1, 0.15) is 4.99 Å². The van der Waals surface area contributed by atoms with Crippen LogP contribution in [-0.4, -0.2) is 60.0 Å². The first-order valence-electron chi connectivity index (χ1n) is 12.6. The van der Waals surface area contributed by atoms with Gasteiger partial charge < -0.3 is 26.6 Å². The van der Waals surface area contributed by atoms with Gasteiger partial charge in [-0.3, -0.25) is 9.59 Å². The number of carbonyl (C=O) groups excluding carboxylic acids is 2. The Kier molecular flexibility index (Phi) is 10.1. The predicted molar refractivity (Wildman–Crippen MR) is 146 cm³/mol. The molecular formula is C27H34F3N5O2S. The number of piperidine rings is 1. The van der Waals surface area contributed by atoms with Gasteiger partial charge in [-0.2, -0.15) is 13.2 Å². The molecule has 2 atom stereocenters. The maximum absolute atomic E-state index is 13.1. The molecule has 2 aromatic carbocycles. The number of nitrogen functional groups attached to an aromatic ring is 1. The summed E-state index contributed by atoms with van der Waals surface area (Å²) in [6.07, 6.45) is -1.84. The summed E-state index contributed by atoms with van der Waals surface area (Å²) in [6.45, 7) is 6.07. The van der Waals surface area contributed by atoms with Crippen molar-refractivity contribution in [2.24, 2.45) is 0 Å². The monoisotopic (exact) mass is 549 g/mol. The quantitative estimate of drug-likeness (QED) is 0.282. The number of amides is 2. The van der Waals surface area contributed by atoms with Crippen molar-refractivity contribution in [2.75, 3.05) is 31.9 Å². The summed E-state index contributed by atoms with van der Waals surface area (Å²) in [5, 5.41) is 8.74. The number of carbonyl (C=O) groups is 2. The Morgan fingerprint density at radius 3 is 2.47 bits per heavy atom. The van der Waals surface area contributed by atoms with E-state index in [1.165, 1.54) is 6.07 Å². The SMILES string of the molecule is CCCCN1CC[C@H](NC(=S)c2ccc(C)cc2)[C@H](NC(=O)CNC(=O)c2cccc(C(F)(F)F)c2N)C1. The second-order valence-corrected chi connectivity index (χ2v) is 9.92. The fourth-order valence-electron chi connectivity index (χ4n) is 4.40. The molecule has 0 saturated carbocycles. The molecule has 38 heavy (non-hydrogen) atoms. The van der Waals surface area contributed by atoms with Gasteiger partial charge in [0.05, 0.1) is 29.4 Å². The van der Waals surface area contributed by atoms with E-state index in [0.717, 1.165) is 55.6 Å². The Morgan fingerprint density at radius 2 is 1.82 bits per heavy atom. The number of benzene rings is 2. The van der Waals surface area contributed by atoms with E-state index in [4.69, 9.17) is 18.0 Å². The molecule has 0 aliphatic carbocycles. The lowest BCUT2D eigenvalue weighted by Gasteiger charge is -2.39. The normalized spacial score (nSPS) is 18.0. The van der Waals surface area contributed by atoms with Gasteiger partial charge in [-0.15, -0.1) is 0 Å². The van der Waals surface area contributed by atoms with Crippen LogP contribution in [0.25, 0.3) is 0 Å². The molecule has 0 unspecified atom stereocenters. The van der Waals surface area contributed by atoms with Crippen molar-refractivity contribution in [3.63, 3.8) is 0 Å². The lowest BCUT2D eigenvalue weighted by Crippen LogP contribution is -2.61. The van der Waals surface area contributed by atoms with E-state index in [2.05, 4.69) is 27.8 Å². The average molecular weight is 550 g/mol. The summed E-state index contributed by atoms with van der Waals surface area (Å²) < 4.78 is 39.4. The van der Waals surface area contributed by atoms with E-state index in [0.29, 0.717) is 11.5 Å². The number of alkyl halides is 3. The molecule has 0 radical (unpaired) electrons. The van der Waals surface area contributed by atoms with Crippen LogP contribution in [0, 0.1) is 6.92 Å². The zero-order valence-electron chi connectivity index (χ0n) is 21.5. The molecule has 0 spiro atoms. The van der Waals surface area contributed by atoms with Gasteiger partial charge in [0.15, 0.2) is 0 Å². The maximum Gasteiger partial charge on any atom is 0.418 e. The zero-order chi connectivity index (χ0) is 27.9. The zero-order valence-corrected chi connectivity index (χ0v) is 22.3. The highest BCUT2D eigenvalue weighted by atomic mass is 32.1. The second kappa shape index (κ2) is 13.1. The molecule has 206 valence electrons. The van der Waals surface area contributed by atoms with Gasteiger partial charge in [0, 0.05) is 24.7 Å². The molecule has 3 rings (SSSR count). The van der Waals surface area contributed by atoms with Crippen molar-refractivity contribution < 1.29 is 22.8 Å². The van der Waals surface area contributed by atoms with Crippen molar-refractivity contribution in [1.29, 1.82) is 0 Å². The first-order valence-corrected chi connectivity index (χ1v) is 13.0. The first-order chi connectivity index (χ1) is 18.0. The standard InChI is InChI=1S/C27H34F3N5O2S/c1-3-4-13-35-14-12-21(34-26(38)18-10-8-17(2)9-11-18)22(16-35)33-23(36)15-32-25(37)19-6-5-7-20(24(19)31)27(28,29)30/h5-11,21-22H,3-4,12-16,31H2,1-2H3,(H,32,37)(H,33,36)(H,34,38)/t21-,22+/m0/s1. The third-order valence-electron chi connectivity index (χ3n) is 6.57. The number of hydrogen-bond donors (Lipinski definition) is 4. The number of nitrogens with one attached hydrogen (secondary N) is 3. The van der Waals surface area contributed by atoms with Crippen molar-refractivity contribution >= 4 is 34.7 Å². The lowest BCUT2D eigenvalue weighted by molar-refractivity contribution is -0.137. The highest BCUT2D eigenvalue weighted by molar-refractivity contribution is 7.80. The molecule has 11 heteroatoms. The van der Waals surface area contributed by atoms with Crippen LogP contribution in [0.3, 0.4) is 0 Å². The Hall–Kier alpha value is -3.18. The molecule has 1 saturated heterocycles.